The lowest BCUT2D eigenvalue weighted by Crippen LogP contribution is -2.01. The summed E-state index contributed by atoms with van der Waals surface area (Å²) in [6.07, 6.45) is 7.00. The van der Waals surface area contributed by atoms with E-state index < -0.39 is 5.82 Å². The van der Waals surface area contributed by atoms with Crippen molar-refractivity contribution >= 4 is 11.6 Å². The first kappa shape index (κ1) is 13.8. The molecule has 0 saturated heterocycles. The van der Waals surface area contributed by atoms with Crippen molar-refractivity contribution in [3.8, 4) is 17.1 Å². The smallest absolute Gasteiger partial charge is 0.149 e. The molecule has 0 bridgehead atoms. The number of hydrogen-bond acceptors (Lipinski definition) is 2. The second-order valence-electron chi connectivity index (χ2n) is 4.99. The molecule has 2 heterocycles. The fourth-order valence-corrected chi connectivity index (χ4v) is 2.39. The second kappa shape index (κ2) is 5.33. The zero-order valence-electron chi connectivity index (χ0n) is 11.7. The van der Waals surface area contributed by atoms with Gasteiger partial charge in [0.05, 0.1) is 22.5 Å². The number of rotatable bonds is 3. The van der Waals surface area contributed by atoms with Gasteiger partial charge >= 0.3 is 0 Å². The minimum Gasteiger partial charge on any atom is -0.297 e. The van der Waals surface area contributed by atoms with Gasteiger partial charge in [-0.15, -0.1) is 0 Å². The van der Waals surface area contributed by atoms with E-state index in [0.29, 0.717) is 16.4 Å². The molecular weight excluding hydrogens is 291 g/mol. The van der Waals surface area contributed by atoms with Gasteiger partial charge in [-0.25, -0.2) is 9.37 Å². The third kappa shape index (κ3) is 2.45. The molecular formula is C15H14ClFN4. The van der Waals surface area contributed by atoms with Gasteiger partial charge in [0.15, 0.2) is 0 Å². The molecule has 4 nitrogen and oxygen atoms in total. The van der Waals surface area contributed by atoms with Crippen molar-refractivity contribution in [2.75, 3.05) is 0 Å². The van der Waals surface area contributed by atoms with E-state index in [0.717, 1.165) is 5.69 Å². The van der Waals surface area contributed by atoms with Crippen molar-refractivity contribution in [1.82, 2.24) is 19.3 Å². The molecule has 1 aromatic carbocycles. The topological polar surface area (TPSA) is 35.6 Å². The van der Waals surface area contributed by atoms with Gasteiger partial charge in [0.1, 0.15) is 11.6 Å². The summed E-state index contributed by atoms with van der Waals surface area (Å²) in [7, 11) is 0. The van der Waals surface area contributed by atoms with Crippen LogP contribution >= 0.6 is 11.6 Å². The van der Waals surface area contributed by atoms with Crippen molar-refractivity contribution in [2.24, 2.45) is 0 Å². The monoisotopic (exact) mass is 304 g/mol. The van der Waals surface area contributed by atoms with Crippen LogP contribution in [0.25, 0.3) is 17.1 Å². The molecule has 0 fully saturated rings. The minimum atomic E-state index is -0.397. The molecule has 0 amide bonds. The lowest BCUT2D eigenvalue weighted by atomic mass is 10.2. The summed E-state index contributed by atoms with van der Waals surface area (Å²) < 4.78 is 17.7. The summed E-state index contributed by atoms with van der Waals surface area (Å²) >= 11 is 6.12. The van der Waals surface area contributed by atoms with Crippen LogP contribution in [0.4, 0.5) is 4.39 Å². The summed E-state index contributed by atoms with van der Waals surface area (Å²) in [6, 6.07) is 4.85. The van der Waals surface area contributed by atoms with Crippen LogP contribution in [0.5, 0.6) is 0 Å². The molecule has 6 heteroatoms. The van der Waals surface area contributed by atoms with Crippen molar-refractivity contribution in [2.45, 2.75) is 19.9 Å². The fourth-order valence-electron chi connectivity index (χ4n) is 2.14. The molecule has 0 N–H and O–H groups in total. The lowest BCUT2D eigenvalue weighted by molar-refractivity contribution is 0.532. The Hall–Kier alpha value is -2.14. The Kier molecular flexibility index (Phi) is 3.51. The van der Waals surface area contributed by atoms with Gasteiger partial charge in [0, 0.05) is 24.6 Å². The SMILES string of the molecule is CC(C)n1cc(-n2ccnc2-c2c(F)cccc2Cl)cn1. The predicted molar refractivity (Wildman–Crippen MR) is 80.1 cm³/mol. The van der Waals surface area contributed by atoms with Gasteiger partial charge < -0.3 is 0 Å². The van der Waals surface area contributed by atoms with Gasteiger partial charge in [-0.05, 0) is 26.0 Å². The first-order chi connectivity index (χ1) is 10.1. The van der Waals surface area contributed by atoms with Gasteiger partial charge in [-0.1, -0.05) is 17.7 Å². The van der Waals surface area contributed by atoms with Gasteiger partial charge in [0.2, 0.25) is 0 Å². The van der Waals surface area contributed by atoms with E-state index in [-0.39, 0.29) is 6.04 Å². The van der Waals surface area contributed by atoms with E-state index in [1.54, 1.807) is 35.3 Å². The molecule has 21 heavy (non-hydrogen) atoms. The maximum Gasteiger partial charge on any atom is 0.149 e. The lowest BCUT2D eigenvalue weighted by Gasteiger charge is -2.08. The maximum absolute atomic E-state index is 14.1. The molecule has 108 valence electrons. The number of halogens is 2. The quantitative estimate of drug-likeness (QED) is 0.730. The number of imidazole rings is 1. The highest BCUT2D eigenvalue weighted by molar-refractivity contribution is 6.33. The minimum absolute atomic E-state index is 0.253. The fraction of sp³-hybridized carbons (Fsp3) is 0.200. The third-order valence-electron chi connectivity index (χ3n) is 3.22. The summed E-state index contributed by atoms with van der Waals surface area (Å²) in [6.45, 7) is 4.08. The van der Waals surface area contributed by atoms with Crippen molar-refractivity contribution in [1.29, 1.82) is 0 Å². The molecule has 2 aromatic heterocycles. The van der Waals surface area contributed by atoms with E-state index in [4.69, 9.17) is 11.6 Å². The Labute approximate surface area is 126 Å². The van der Waals surface area contributed by atoms with E-state index in [1.807, 2.05) is 24.7 Å². The molecule has 0 radical (unpaired) electrons. The Morgan fingerprint density at radius 3 is 2.76 bits per heavy atom. The highest BCUT2D eigenvalue weighted by Crippen LogP contribution is 2.30. The Morgan fingerprint density at radius 2 is 2.10 bits per heavy atom. The van der Waals surface area contributed by atoms with Gasteiger partial charge in [-0.3, -0.25) is 9.25 Å². The second-order valence-corrected chi connectivity index (χ2v) is 5.40. The predicted octanol–water partition coefficient (Wildman–Crippen LogP) is 4.11. The van der Waals surface area contributed by atoms with Crippen LogP contribution in [0.1, 0.15) is 19.9 Å². The molecule has 0 unspecified atom stereocenters. The summed E-state index contributed by atoms with van der Waals surface area (Å²) in [5.74, 6) is 0.0626. The van der Waals surface area contributed by atoms with Crippen molar-refractivity contribution in [3.63, 3.8) is 0 Å². The molecule has 0 saturated carbocycles. The summed E-state index contributed by atoms with van der Waals surface area (Å²) in [4.78, 5) is 4.24. The first-order valence-corrected chi connectivity index (χ1v) is 6.98. The number of nitrogens with zero attached hydrogens (tertiary/aromatic N) is 4. The van der Waals surface area contributed by atoms with Crippen LogP contribution in [-0.4, -0.2) is 19.3 Å². The zero-order chi connectivity index (χ0) is 15.0. The zero-order valence-corrected chi connectivity index (χ0v) is 12.4. The van der Waals surface area contributed by atoms with Gasteiger partial charge in [-0.2, -0.15) is 5.10 Å². The largest absolute Gasteiger partial charge is 0.297 e. The third-order valence-corrected chi connectivity index (χ3v) is 3.54. The summed E-state index contributed by atoms with van der Waals surface area (Å²) in [5, 5.41) is 4.62. The molecule has 0 aliphatic heterocycles. The molecule has 0 aliphatic rings. The van der Waals surface area contributed by atoms with E-state index in [2.05, 4.69) is 10.1 Å². The van der Waals surface area contributed by atoms with Crippen molar-refractivity contribution < 1.29 is 4.39 Å². The summed E-state index contributed by atoms with van der Waals surface area (Å²) in [5.41, 5.74) is 1.11. The van der Waals surface area contributed by atoms with Crippen LogP contribution in [-0.2, 0) is 0 Å². The maximum atomic E-state index is 14.1. The normalized spacial score (nSPS) is 11.3. The molecule has 0 atom stereocenters. The highest BCUT2D eigenvalue weighted by Gasteiger charge is 2.16. The van der Waals surface area contributed by atoms with Gasteiger partial charge in [0.25, 0.3) is 0 Å². The van der Waals surface area contributed by atoms with Crippen molar-refractivity contribution in [3.05, 3.63) is 53.8 Å². The standard InChI is InChI=1S/C15H14ClFN4/c1-10(2)21-9-11(8-19-21)20-7-6-18-15(20)14-12(16)4-3-5-13(14)17/h3-10H,1-2H3. The molecule has 3 aromatic rings. The van der Waals surface area contributed by atoms with Crippen LogP contribution in [0.15, 0.2) is 43.0 Å². The first-order valence-electron chi connectivity index (χ1n) is 6.60. The van der Waals surface area contributed by atoms with E-state index in [9.17, 15) is 4.39 Å². The molecule has 3 rings (SSSR count). The van der Waals surface area contributed by atoms with E-state index >= 15 is 0 Å². The van der Waals surface area contributed by atoms with E-state index in [1.165, 1.54) is 6.07 Å². The van der Waals surface area contributed by atoms with Crippen LogP contribution in [0, 0.1) is 5.82 Å². The van der Waals surface area contributed by atoms with Crippen LogP contribution in [0.2, 0.25) is 5.02 Å². The number of benzene rings is 1. The highest BCUT2D eigenvalue weighted by atomic mass is 35.5. The number of hydrogen-bond donors (Lipinski definition) is 0. The number of aromatic nitrogens is 4. The molecule has 0 aliphatic carbocycles. The average molecular weight is 305 g/mol. The Balaban J connectivity index is 2.13. The Morgan fingerprint density at radius 1 is 1.29 bits per heavy atom. The molecule has 0 spiro atoms. The Bertz CT molecular complexity index is 755. The van der Waals surface area contributed by atoms with Crippen LogP contribution < -0.4 is 0 Å². The van der Waals surface area contributed by atoms with Crippen LogP contribution in [0.3, 0.4) is 0 Å². The average Bonchev–Trinajstić information content (AvgIpc) is 3.06.